The van der Waals surface area contributed by atoms with Crippen LogP contribution < -0.4 is 0 Å². The quantitative estimate of drug-likeness (QED) is 0.828. The van der Waals surface area contributed by atoms with Crippen LogP contribution in [0.2, 0.25) is 0 Å². The van der Waals surface area contributed by atoms with E-state index in [9.17, 15) is 8.42 Å². The Labute approximate surface area is 104 Å². The minimum atomic E-state index is -3.08. The topological polar surface area (TPSA) is 37.4 Å². The van der Waals surface area contributed by atoms with Gasteiger partial charge < -0.3 is 0 Å². The number of nitrogens with zero attached hydrogens (tertiary/aromatic N) is 1. The van der Waals surface area contributed by atoms with Crippen LogP contribution in [0.25, 0.3) is 0 Å². The zero-order valence-electron chi connectivity index (χ0n) is 10.3. The summed E-state index contributed by atoms with van der Waals surface area (Å²) in [6.45, 7) is 4.76. The molecule has 1 aromatic rings. The van der Waals surface area contributed by atoms with E-state index in [1.165, 1.54) is 5.56 Å². The lowest BCUT2D eigenvalue weighted by molar-refractivity contribution is 0.465. The molecule has 0 unspecified atom stereocenters. The van der Waals surface area contributed by atoms with Crippen molar-refractivity contribution >= 4 is 10.0 Å². The highest BCUT2D eigenvalue weighted by molar-refractivity contribution is 7.89. The number of hydrogen-bond acceptors (Lipinski definition) is 2. The van der Waals surface area contributed by atoms with Gasteiger partial charge in [-0.15, -0.1) is 0 Å². The molecular weight excluding hydrogens is 234 g/mol. The average Bonchev–Trinajstić information content (AvgIpc) is 2.80. The minimum Gasteiger partial charge on any atom is -0.212 e. The second-order valence-electron chi connectivity index (χ2n) is 4.85. The molecule has 0 amide bonds. The van der Waals surface area contributed by atoms with Gasteiger partial charge in [-0.1, -0.05) is 30.3 Å². The second kappa shape index (κ2) is 4.78. The first-order valence-electron chi connectivity index (χ1n) is 6.05. The van der Waals surface area contributed by atoms with E-state index >= 15 is 0 Å². The zero-order valence-corrected chi connectivity index (χ0v) is 11.2. The van der Waals surface area contributed by atoms with Crippen molar-refractivity contribution in [2.75, 3.05) is 13.1 Å². The molecule has 0 N–H and O–H groups in total. The summed E-state index contributed by atoms with van der Waals surface area (Å²) in [6, 6.07) is 10.2. The molecule has 0 radical (unpaired) electrons. The van der Waals surface area contributed by atoms with Crippen LogP contribution in [0, 0.1) is 0 Å². The van der Waals surface area contributed by atoms with Gasteiger partial charge in [-0.25, -0.2) is 12.7 Å². The second-order valence-corrected chi connectivity index (χ2v) is 7.34. The zero-order chi connectivity index (χ0) is 12.5. The van der Waals surface area contributed by atoms with E-state index in [1.54, 1.807) is 18.2 Å². The van der Waals surface area contributed by atoms with Crippen molar-refractivity contribution in [2.24, 2.45) is 0 Å². The van der Waals surface area contributed by atoms with E-state index in [2.05, 4.69) is 12.1 Å². The van der Waals surface area contributed by atoms with E-state index in [0.717, 1.165) is 6.42 Å². The maximum atomic E-state index is 12.0. The highest BCUT2D eigenvalue weighted by Gasteiger charge is 2.33. The van der Waals surface area contributed by atoms with Gasteiger partial charge >= 0.3 is 0 Å². The lowest BCUT2D eigenvalue weighted by atomic mass is 9.99. The molecule has 3 nitrogen and oxygen atoms in total. The Morgan fingerprint density at radius 1 is 1.24 bits per heavy atom. The van der Waals surface area contributed by atoms with Crippen LogP contribution in [0.15, 0.2) is 30.3 Å². The fraction of sp³-hybridized carbons (Fsp3) is 0.538. The van der Waals surface area contributed by atoms with Gasteiger partial charge in [0.05, 0.1) is 5.25 Å². The van der Waals surface area contributed by atoms with Crippen molar-refractivity contribution in [3.8, 4) is 0 Å². The minimum absolute atomic E-state index is 0.322. The van der Waals surface area contributed by atoms with E-state index < -0.39 is 10.0 Å². The van der Waals surface area contributed by atoms with Gasteiger partial charge in [-0.3, -0.25) is 0 Å². The normalized spacial score (nSPS) is 22.2. The van der Waals surface area contributed by atoms with Crippen molar-refractivity contribution in [2.45, 2.75) is 31.4 Å². The number of rotatable bonds is 3. The highest BCUT2D eigenvalue weighted by Crippen LogP contribution is 2.29. The molecule has 1 fully saturated rings. The van der Waals surface area contributed by atoms with Crippen LogP contribution in [-0.2, 0) is 10.0 Å². The molecule has 0 spiro atoms. The molecule has 1 aliphatic heterocycles. The summed E-state index contributed by atoms with van der Waals surface area (Å²) in [5.41, 5.74) is 1.24. The molecule has 0 aromatic heterocycles. The molecule has 1 heterocycles. The van der Waals surface area contributed by atoms with Crippen LogP contribution in [0.1, 0.15) is 31.7 Å². The monoisotopic (exact) mass is 253 g/mol. The molecule has 0 aliphatic carbocycles. The van der Waals surface area contributed by atoms with Gasteiger partial charge in [0.2, 0.25) is 10.0 Å². The summed E-state index contributed by atoms with van der Waals surface area (Å²) >= 11 is 0. The lowest BCUT2D eigenvalue weighted by Crippen LogP contribution is -2.34. The molecule has 4 heteroatoms. The third-order valence-electron chi connectivity index (χ3n) is 3.38. The summed E-state index contributed by atoms with van der Waals surface area (Å²) in [5.74, 6) is 0.352. The summed E-state index contributed by atoms with van der Waals surface area (Å²) in [7, 11) is -3.08. The molecule has 2 rings (SSSR count). The molecule has 1 saturated heterocycles. The van der Waals surface area contributed by atoms with E-state index in [4.69, 9.17) is 0 Å². The fourth-order valence-electron chi connectivity index (χ4n) is 2.25. The lowest BCUT2D eigenvalue weighted by Gasteiger charge is -2.19. The van der Waals surface area contributed by atoms with Gasteiger partial charge in [-0.05, 0) is 31.7 Å². The predicted octanol–water partition coefficient (Wildman–Crippen LogP) is 2.21. The average molecular weight is 253 g/mol. The Hall–Kier alpha value is -0.870. The molecule has 0 bridgehead atoms. The summed E-state index contributed by atoms with van der Waals surface area (Å²) in [5, 5.41) is -0.322. The Morgan fingerprint density at radius 3 is 2.47 bits per heavy atom. The van der Waals surface area contributed by atoms with Gasteiger partial charge in [0, 0.05) is 13.1 Å². The maximum Gasteiger partial charge on any atom is 0.216 e. The first kappa shape index (κ1) is 12.6. The molecular formula is C13H19NO2S. The van der Waals surface area contributed by atoms with Crippen molar-refractivity contribution in [1.82, 2.24) is 4.31 Å². The number of benzene rings is 1. The van der Waals surface area contributed by atoms with Crippen molar-refractivity contribution in [1.29, 1.82) is 0 Å². The molecule has 1 atom stereocenters. The summed E-state index contributed by atoms with van der Waals surface area (Å²) < 4.78 is 25.7. The first-order valence-corrected chi connectivity index (χ1v) is 7.56. The maximum absolute atomic E-state index is 12.0. The standard InChI is InChI=1S/C13H19NO2S/c1-11(2)17(15,16)14-9-8-13(10-14)12-6-4-3-5-7-12/h3-7,11,13H,8-10H2,1-2H3/t13-/m1/s1. The summed E-state index contributed by atoms with van der Waals surface area (Å²) in [4.78, 5) is 0. The van der Waals surface area contributed by atoms with Crippen molar-refractivity contribution in [3.63, 3.8) is 0 Å². The van der Waals surface area contributed by atoms with Gasteiger partial charge in [0.25, 0.3) is 0 Å². The molecule has 17 heavy (non-hydrogen) atoms. The summed E-state index contributed by atoms with van der Waals surface area (Å²) in [6.07, 6.45) is 0.927. The van der Waals surface area contributed by atoms with Crippen LogP contribution in [-0.4, -0.2) is 31.1 Å². The van der Waals surface area contributed by atoms with E-state index in [0.29, 0.717) is 19.0 Å². The smallest absolute Gasteiger partial charge is 0.212 e. The van der Waals surface area contributed by atoms with Gasteiger partial charge in [0.15, 0.2) is 0 Å². The van der Waals surface area contributed by atoms with Gasteiger partial charge in [-0.2, -0.15) is 0 Å². The Balaban J connectivity index is 2.11. The number of hydrogen-bond donors (Lipinski definition) is 0. The van der Waals surface area contributed by atoms with Crippen LogP contribution in [0.5, 0.6) is 0 Å². The van der Waals surface area contributed by atoms with Crippen molar-refractivity contribution < 1.29 is 8.42 Å². The highest BCUT2D eigenvalue weighted by atomic mass is 32.2. The largest absolute Gasteiger partial charge is 0.216 e. The van der Waals surface area contributed by atoms with Gasteiger partial charge in [0.1, 0.15) is 0 Å². The first-order chi connectivity index (χ1) is 8.01. The van der Waals surface area contributed by atoms with Crippen LogP contribution in [0.3, 0.4) is 0 Å². The van der Waals surface area contributed by atoms with Crippen LogP contribution in [0.4, 0.5) is 0 Å². The fourth-order valence-corrected chi connectivity index (χ4v) is 3.60. The Kier molecular flexibility index (Phi) is 3.54. The van der Waals surface area contributed by atoms with E-state index in [-0.39, 0.29) is 5.25 Å². The Bertz CT molecular complexity index is 467. The third kappa shape index (κ3) is 2.53. The van der Waals surface area contributed by atoms with E-state index in [1.807, 2.05) is 18.2 Å². The Morgan fingerprint density at radius 2 is 1.88 bits per heavy atom. The molecule has 94 valence electrons. The molecule has 1 aliphatic rings. The predicted molar refractivity (Wildman–Crippen MR) is 69.4 cm³/mol. The van der Waals surface area contributed by atoms with Crippen LogP contribution >= 0.6 is 0 Å². The SMILES string of the molecule is CC(C)S(=O)(=O)N1CC[C@@H](c2ccccc2)C1. The third-order valence-corrected chi connectivity index (χ3v) is 5.62. The molecule has 0 saturated carbocycles. The molecule has 1 aromatic carbocycles. The van der Waals surface area contributed by atoms with Crippen molar-refractivity contribution in [3.05, 3.63) is 35.9 Å². The number of sulfonamides is 1.